The largest absolute Gasteiger partial charge is 0.300 e. The van der Waals surface area contributed by atoms with Crippen molar-refractivity contribution in [3.63, 3.8) is 0 Å². The predicted molar refractivity (Wildman–Crippen MR) is 28.9 cm³/mol. The average molecular weight is 120 g/mol. The van der Waals surface area contributed by atoms with E-state index in [2.05, 4.69) is 0 Å². The van der Waals surface area contributed by atoms with Crippen LogP contribution in [0, 0.1) is 5.41 Å². The average Bonchev–Trinajstić information content (AvgIpc) is 1.65. The number of carbonyl (C=O) groups is 1. The van der Waals surface area contributed by atoms with Gasteiger partial charge in [-0.15, -0.1) is 0 Å². The first-order chi connectivity index (χ1) is 3.18. The zero-order chi connectivity index (χ0) is 5.86. The minimum atomic E-state index is -0.650. The molecule has 0 saturated carbocycles. The highest BCUT2D eigenvalue weighted by molar-refractivity contribution is 6.81. The summed E-state index contributed by atoms with van der Waals surface area (Å²) in [6, 6.07) is 0. The molecule has 0 fully saturated rings. The van der Waals surface area contributed by atoms with Crippen LogP contribution in [0.4, 0.5) is 0 Å². The van der Waals surface area contributed by atoms with Crippen LogP contribution in [0.2, 0.25) is 0 Å². The SMILES string of the molecule is CCC(=N)C(=O)Cl. The molecule has 1 N–H and O–H groups in total. The van der Waals surface area contributed by atoms with Crippen LogP contribution < -0.4 is 0 Å². The van der Waals surface area contributed by atoms with E-state index in [1.165, 1.54) is 0 Å². The van der Waals surface area contributed by atoms with Crippen LogP contribution in [0.15, 0.2) is 0 Å². The second-order valence-electron chi connectivity index (χ2n) is 1.11. The summed E-state index contributed by atoms with van der Waals surface area (Å²) in [7, 11) is 0. The van der Waals surface area contributed by atoms with E-state index >= 15 is 0 Å². The molecule has 2 nitrogen and oxygen atoms in total. The van der Waals surface area contributed by atoms with Crippen molar-refractivity contribution in [2.45, 2.75) is 13.3 Å². The van der Waals surface area contributed by atoms with E-state index in [0.29, 0.717) is 6.42 Å². The molecule has 0 bridgehead atoms. The van der Waals surface area contributed by atoms with E-state index in [1.54, 1.807) is 6.92 Å². The second-order valence-corrected chi connectivity index (χ2v) is 1.45. The molecule has 40 valence electrons. The van der Waals surface area contributed by atoms with Gasteiger partial charge in [-0.3, -0.25) is 4.79 Å². The lowest BCUT2D eigenvalue weighted by atomic mass is 10.3. The fourth-order valence-electron chi connectivity index (χ4n) is 0.139. The minimum absolute atomic E-state index is 0.0262. The zero-order valence-corrected chi connectivity index (χ0v) is 4.75. The Hall–Kier alpha value is -0.370. The van der Waals surface area contributed by atoms with E-state index in [9.17, 15) is 4.79 Å². The first-order valence-electron chi connectivity index (χ1n) is 1.95. The predicted octanol–water partition coefficient (Wildman–Crippen LogP) is 1.18. The maximum Gasteiger partial charge on any atom is 0.265 e. The van der Waals surface area contributed by atoms with E-state index in [1.807, 2.05) is 0 Å². The first kappa shape index (κ1) is 6.63. The van der Waals surface area contributed by atoms with Crippen LogP contribution in [-0.2, 0) is 4.79 Å². The van der Waals surface area contributed by atoms with Crippen molar-refractivity contribution in [3.05, 3.63) is 0 Å². The second kappa shape index (κ2) is 2.75. The number of hydrogen-bond donors (Lipinski definition) is 1. The normalized spacial score (nSPS) is 8.29. The molecular formula is C4H6ClNO. The molecular weight excluding hydrogens is 114 g/mol. The molecule has 0 aliphatic heterocycles. The lowest BCUT2D eigenvalue weighted by Crippen LogP contribution is -2.01. The smallest absolute Gasteiger partial charge is 0.265 e. The van der Waals surface area contributed by atoms with Crippen LogP contribution in [0.1, 0.15) is 13.3 Å². The summed E-state index contributed by atoms with van der Waals surface area (Å²) in [5, 5.41) is 6.06. The minimum Gasteiger partial charge on any atom is -0.300 e. The number of carbonyl (C=O) groups excluding carboxylic acids is 1. The Bertz CT molecular complexity index is 99.9. The number of halogens is 1. The highest BCUT2D eigenvalue weighted by Gasteiger charge is 1.98. The quantitative estimate of drug-likeness (QED) is 0.431. The molecule has 0 rings (SSSR count). The molecule has 0 radical (unpaired) electrons. The van der Waals surface area contributed by atoms with Gasteiger partial charge in [-0.25, -0.2) is 0 Å². The Kier molecular flexibility index (Phi) is 2.60. The van der Waals surface area contributed by atoms with Gasteiger partial charge in [-0.2, -0.15) is 0 Å². The number of nitrogens with one attached hydrogen (secondary N) is 1. The van der Waals surface area contributed by atoms with Gasteiger partial charge >= 0.3 is 0 Å². The zero-order valence-electron chi connectivity index (χ0n) is 3.99. The summed E-state index contributed by atoms with van der Waals surface area (Å²) < 4.78 is 0. The Morgan fingerprint density at radius 1 is 1.86 bits per heavy atom. The van der Waals surface area contributed by atoms with Gasteiger partial charge in [-0.05, 0) is 18.0 Å². The van der Waals surface area contributed by atoms with Gasteiger partial charge in [0.2, 0.25) is 0 Å². The van der Waals surface area contributed by atoms with Gasteiger partial charge in [0.1, 0.15) is 0 Å². The third-order valence-electron chi connectivity index (χ3n) is 0.591. The fourth-order valence-corrected chi connectivity index (χ4v) is 0.273. The molecule has 0 aromatic carbocycles. The highest BCUT2D eigenvalue weighted by atomic mass is 35.5. The molecule has 0 spiro atoms. The molecule has 0 amide bonds. The van der Waals surface area contributed by atoms with Gasteiger partial charge in [0.25, 0.3) is 5.24 Å². The van der Waals surface area contributed by atoms with Crippen molar-refractivity contribution in [2.75, 3.05) is 0 Å². The van der Waals surface area contributed by atoms with Crippen LogP contribution in [-0.4, -0.2) is 11.0 Å². The van der Waals surface area contributed by atoms with Crippen molar-refractivity contribution >= 4 is 22.6 Å². The van der Waals surface area contributed by atoms with Crippen molar-refractivity contribution in [3.8, 4) is 0 Å². The Balaban J connectivity index is 3.58. The maximum absolute atomic E-state index is 9.92. The van der Waals surface area contributed by atoms with Gasteiger partial charge in [-0.1, -0.05) is 6.92 Å². The number of rotatable bonds is 2. The van der Waals surface area contributed by atoms with Gasteiger partial charge in [0.15, 0.2) is 0 Å². The third kappa shape index (κ3) is 2.34. The molecule has 0 saturated heterocycles. The Morgan fingerprint density at radius 3 is 2.29 bits per heavy atom. The summed E-state index contributed by atoms with van der Waals surface area (Å²) in [5.74, 6) is 0. The molecule has 0 aliphatic rings. The number of hydrogen-bond acceptors (Lipinski definition) is 2. The Labute approximate surface area is 47.0 Å². The van der Waals surface area contributed by atoms with E-state index in [4.69, 9.17) is 17.0 Å². The molecule has 3 heteroatoms. The first-order valence-corrected chi connectivity index (χ1v) is 2.33. The molecule has 7 heavy (non-hydrogen) atoms. The Morgan fingerprint density at radius 2 is 2.29 bits per heavy atom. The standard InChI is InChI=1S/C4H6ClNO/c1-2-3(6)4(5)7/h6H,2H2,1H3. The summed E-state index contributed by atoms with van der Waals surface area (Å²) >= 11 is 4.86. The topological polar surface area (TPSA) is 40.9 Å². The van der Waals surface area contributed by atoms with Crippen molar-refractivity contribution < 1.29 is 4.79 Å². The van der Waals surface area contributed by atoms with Gasteiger partial charge in [0, 0.05) is 0 Å². The molecule has 0 heterocycles. The summed E-state index contributed by atoms with van der Waals surface area (Å²) in [5.41, 5.74) is -0.0262. The van der Waals surface area contributed by atoms with Crippen LogP contribution in [0.3, 0.4) is 0 Å². The fraction of sp³-hybridized carbons (Fsp3) is 0.500. The summed E-state index contributed by atoms with van der Waals surface area (Å²) in [4.78, 5) is 9.92. The van der Waals surface area contributed by atoms with E-state index in [-0.39, 0.29) is 5.71 Å². The maximum atomic E-state index is 9.92. The van der Waals surface area contributed by atoms with Gasteiger partial charge in [0.05, 0.1) is 5.71 Å². The summed E-state index contributed by atoms with van der Waals surface area (Å²) in [6.07, 6.45) is 0.419. The van der Waals surface area contributed by atoms with Gasteiger partial charge < -0.3 is 5.41 Å². The lowest BCUT2D eigenvalue weighted by Gasteiger charge is -1.84. The van der Waals surface area contributed by atoms with Crippen LogP contribution in [0.5, 0.6) is 0 Å². The third-order valence-corrected chi connectivity index (χ3v) is 0.819. The lowest BCUT2D eigenvalue weighted by molar-refractivity contribution is -0.106. The summed E-state index contributed by atoms with van der Waals surface area (Å²) in [6.45, 7) is 1.71. The van der Waals surface area contributed by atoms with Crippen LogP contribution in [0.25, 0.3) is 0 Å². The molecule has 0 atom stereocenters. The van der Waals surface area contributed by atoms with E-state index < -0.39 is 5.24 Å². The molecule has 0 aromatic rings. The van der Waals surface area contributed by atoms with E-state index in [0.717, 1.165) is 0 Å². The van der Waals surface area contributed by atoms with Crippen molar-refractivity contribution in [1.29, 1.82) is 5.41 Å². The van der Waals surface area contributed by atoms with Crippen molar-refractivity contribution in [1.82, 2.24) is 0 Å². The van der Waals surface area contributed by atoms with Crippen molar-refractivity contribution in [2.24, 2.45) is 0 Å². The molecule has 0 unspecified atom stereocenters. The molecule has 0 aromatic heterocycles. The highest BCUT2D eigenvalue weighted by Crippen LogP contribution is 1.86. The van der Waals surface area contributed by atoms with Crippen LogP contribution >= 0.6 is 11.6 Å². The molecule has 0 aliphatic carbocycles. The monoisotopic (exact) mass is 119 g/mol.